The summed E-state index contributed by atoms with van der Waals surface area (Å²) in [6, 6.07) is 16.6. The summed E-state index contributed by atoms with van der Waals surface area (Å²) >= 11 is 6.38. The maximum absolute atomic E-state index is 6.38. The third-order valence-electron chi connectivity index (χ3n) is 3.57. The van der Waals surface area contributed by atoms with Crippen LogP contribution in [0.3, 0.4) is 0 Å². The summed E-state index contributed by atoms with van der Waals surface area (Å²) in [7, 11) is 0. The van der Waals surface area contributed by atoms with Crippen molar-refractivity contribution in [1.82, 2.24) is 4.98 Å². The second kappa shape index (κ2) is 4.67. The Kier molecular flexibility index (Phi) is 3.00. The van der Waals surface area contributed by atoms with E-state index < -0.39 is 0 Å². The smallest absolute Gasteiger partial charge is 0.137 e. The Morgan fingerprint density at radius 3 is 2.37 bits per heavy atom. The minimum absolute atomic E-state index is 0.581. The van der Waals surface area contributed by atoms with E-state index in [0.717, 1.165) is 16.6 Å². The molecule has 2 aromatic carbocycles. The summed E-state index contributed by atoms with van der Waals surface area (Å²) in [5.41, 5.74) is 4.48. The molecule has 0 saturated carbocycles. The van der Waals surface area contributed by atoms with Gasteiger partial charge in [-0.3, -0.25) is 0 Å². The van der Waals surface area contributed by atoms with Crippen molar-refractivity contribution in [3.8, 4) is 11.1 Å². The standard InChI is InChI=1S/C17H14ClN/c1-11-12(2)19-17(18)16-14(11)9-6-10-15(16)13-7-4-3-5-8-13/h3-10H,1-2H3. The molecule has 0 aliphatic carbocycles. The van der Waals surface area contributed by atoms with Crippen molar-refractivity contribution in [3.63, 3.8) is 0 Å². The lowest BCUT2D eigenvalue weighted by molar-refractivity contribution is 1.18. The number of pyridine rings is 1. The summed E-state index contributed by atoms with van der Waals surface area (Å²) in [6.07, 6.45) is 0. The quantitative estimate of drug-likeness (QED) is 0.554. The Morgan fingerprint density at radius 1 is 0.895 bits per heavy atom. The Balaban J connectivity index is 2.42. The number of hydrogen-bond donors (Lipinski definition) is 0. The second-order valence-electron chi connectivity index (χ2n) is 4.71. The lowest BCUT2D eigenvalue weighted by Gasteiger charge is -2.12. The van der Waals surface area contributed by atoms with Gasteiger partial charge in [-0.05, 0) is 35.9 Å². The normalized spacial score (nSPS) is 10.9. The fourth-order valence-corrected chi connectivity index (χ4v) is 2.76. The number of halogens is 1. The first kappa shape index (κ1) is 12.2. The van der Waals surface area contributed by atoms with Gasteiger partial charge in [-0.25, -0.2) is 4.98 Å². The zero-order chi connectivity index (χ0) is 13.4. The predicted molar refractivity (Wildman–Crippen MR) is 81.7 cm³/mol. The summed E-state index contributed by atoms with van der Waals surface area (Å²) in [4.78, 5) is 4.45. The highest BCUT2D eigenvalue weighted by Gasteiger charge is 2.11. The minimum Gasteiger partial charge on any atom is -0.240 e. The summed E-state index contributed by atoms with van der Waals surface area (Å²) in [5, 5.41) is 2.80. The average molecular weight is 268 g/mol. The van der Waals surface area contributed by atoms with Crippen LogP contribution in [-0.4, -0.2) is 4.98 Å². The van der Waals surface area contributed by atoms with Gasteiger partial charge in [-0.2, -0.15) is 0 Å². The van der Waals surface area contributed by atoms with Crippen LogP contribution in [0.15, 0.2) is 48.5 Å². The van der Waals surface area contributed by atoms with Gasteiger partial charge >= 0.3 is 0 Å². The number of rotatable bonds is 1. The van der Waals surface area contributed by atoms with E-state index in [-0.39, 0.29) is 0 Å². The van der Waals surface area contributed by atoms with Gasteiger partial charge in [-0.1, -0.05) is 60.1 Å². The zero-order valence-electron chi connectivity index (χ0n) is 10.9. The van der Waals surface area contributed by atoms with Crippen LogP contribution in [0.25, 0.3) is 21.9 Å². The molecule has 0 fully saturated rings. The molecule has 0 atom stereocenters. The highest BCUT2D eigenvalue weighted by Crippen LogP contribution is 2.34. The van der Waals surface area contributed by atoms with Gasteiger partial charge in [0, 0.05) is 11.1 Å². The van der Waals surface area contributed by atoms with Crippen molar-refractivity contribution >= 4 is 22.4 Å². The number of benzene rings is 2. The van der Waals surface area contributed by atoms with Crippen LogP contribution in [0.5, 0.6) is 0 Å². The molecule has 0 amide bonds. The molecule has 94 valence electrons. The maximum atomic E-state index is 6.38. The average Bonchev–Trinajstić information content (AvgIpc) is 2.45. The molecule has 2 heteroatoms. The molecule has 1 heterocycles. The molecule has 0 saturated heterocycles. The maximum Gasteiger partial charge on any atom is 0.137 e. The summed E-state index contributed by atoms with van der Waals surface area (Å²) in [5.74, 6) is 0. The Morgan fingerprint density at radius 2 is 1.63 bits per heavy atom. The van der Waals surface area contributed by atoms with Gasteiger partial charge < -0.3 is 0 Å². The Hall–Kier alpha value is -1.86. The van der Waals surface area contributed by atoms with Gasteiger partial charge in [0.15, 0.2) is 0 Å². The number of aryl methyl sites for hydroxylation is 2. The van der Waals surface area contributed by atoms with Crippen LogP contribution in [0.2, 0.25) is 5.15 Å². The van der Waals surface area contributed by atoms with E-state index in [0.29, 0.717) is 5.15 Å². The summed E-state index contributed by atoms with van der Waals surface area (Å²) in [6.45, 7) is 4.09. The van der Waals surface area contributed by atoms with Crippen molar-refractivity contribution in [2.75, 3.05) is 0 Å². The van der Waals surface area contributed by atoms with Crippen LogP contribution in [0.4, 0.5) is 0 Å². The fourth-order valence-electron chi connectivity index (χ4n) is 2.43. The van der Waals surface area contributed by atoms with E-state index in [1.54, 1.807) is 0 Å². The molecule has 0 aliphatic rings. The summed E-state index contributed by atoms with van der Waals surface area (Å²) < 4.78 is 0. The first-order valence-electron chi connectivity index (χ1n) is 6.29. The molecule has 3 aromatic rings. The van der Waals surface area contributed by atoms with E-state index in [1.807, 2.05) is 25.1 Å². The van der Waals surface area contributed by atoms with Crippen LogP contribution in [-0.2, 0) is 0 Å². The first-order valence-corrected chi connectivity index (χ1v) is 6.67. The Labute approximate surface area is 117 Å². The third kappa shape index (κ3) is 2.00. The predicted octanol–water partition coefficient (Wildman–Crippen LogP) is 5.17. The number of hydrogen-bond acceptors (Lipinski definition) is 1. The van der Waals surface area contributed by atoms with E-state index in [9.17, 15) is 0 Å². The molecule has 1 aromatic heterocycles. The van der Waals surface area contributed by atoms with Crippen molar-refractivity contribution in [1.29, 1.82) is 0 Å². The van der Waals surface area contributed by atoms with Gasteiger partial charge in [0.25, 0.3) is 0 Å². The molecule has 0 spiro atoms. The van der Waals surface area contributed by atoms with Crippen LogP contribution in [0.1, 0.15) is 11.3 Å². The lowest BCUT2D eigenvalue weighted by Crippen LogP contribution is -1.92. The van der Waals surface area contributed by atoms with Gasteiger partial charge in [0.1, 0.15) is 5.15 Å². The van der Waals surface area contributed by atoms with E-state index in [2.05, 4.69) is 42.2 Å². The first-order chi connectivity index (χ1) is 9.18. The topological polar surface area (TPSA) is 12.9 Å². The van der Waals surface area contributed by atoms with Gasteiger partial charge in [0.2, 0.25) is 0 Å². The molecule has 0 N–H and O–H groups in total. The van der Waals surface area contributed by atoms with Gasteiger partial charge in [-0.15, -0.1) is 0 Å². The molecule has 0 aliphatic heterocycles. The highest BCUT2D eigenvalue weighted by molar-refractivity contribution is 6.35. The zero-order valence-corrected chi connectivity index (χ0v) is 11.7. The number of fused-ring (bicyclic) bond motifs is 1. The lowest BCUT2D eigenvalue weighted by atomic mass is 9.97. The Bertz CT molecular complexity index is 748. The number of nitrogens with zero attached hydrogens (tertiary/aromatic N) is 1. The third-order valence-corrected chi connectivity index (χ3v) is 3.84. The van der Waals surface area contributed by atoms with Crippen LogP contribution < -0.4 is 0 Å². The van der Waals surface area contributed by atoms with Crippen molar-refractivity contribution in [2.45, 2.75) is 13.8 Å². The monoisotopic (exact) mass is 267 g/mol. The molecule has 1 nitrogen and oxygen atoms in total. The molecular weight excluding hydrogens is 254 g/mol. The van der Waals surface area contributed by atoms with Crippen molar-refractivity contribution in [3.05, 3.63) is 64.9 Å². The molecule has 3 rings (SSSR count). The molecular formula is C17H14ClN. The highest BCUT2D eigenvalue weighted by atomic mass is 35.5. The second-order valence-corrected chi connectivity index (χ2v) is 5.07. The van der Waals surface area contributed by atoms with E-state index >= 15 is 0 Å². The van der Waals surface area contributed by atoms with E-state index in [1.165, 1.54) is 16.5 Å². The minimum atomic E-state index is 0.581. The van der Waals surface area contributed by atoms with Crippen molar-refractivity contribution in [2.24, 2.45) is 0 Å². The number of aromatic nitrogens is 1. The van der Waals surface area contributed by atoms with Gasteiger partial charge in [0.05, 0.1) is 0 Å². The molecule has 19 heavy (non-hydrogen) atoms. The SMILES string of the molecule is Cc1nc(Cl)c2c(-c3ccccc3)cccc2c1C. The van der Waals surface area contributed by atoms with Crippen molar-refractivity contribution < 1.29 is 0 Å². The van der Waals surface area contributed by atoms with Crippen LogP contribution >= 0.6 is 11.6 Å². The van der Waals surface area contributed by atoms with Crippen LogP contribution in [0, 0.1) is 13.8 Å². The largest absolute Gasteiger partial charge is 0.240 e. The van der Waals surface area contributed by atoms with E-state index in [4.69, 9.17) is 11.6 Å². The molecule has 0 radical (unpaired) electrons. The fraction of sp³-hybridized carbons (Fsp3) is 0.118. The molecule has 0 unspecified atom stereocenters. The molecule has 0 bridgehead atoms.